The molecule has 2 aromatic heterocycles. The molecule has 3 heterocycles. The van der Waals surface area contributed by atoms with E-state index in [2.05, 4.69) is 18.4 Å². The van der Waals surface area contributed by atoms with Crippen LogP contribution in [0, 0.1) is 13.8 Å². The second-order valence-electron chi connectivity index (χ2n) is 6.95. The van der Waals surface area contributed by atoms with Crippen molar-refractivity contribution < 1.29 is 9.53 Å². The molecule has 0 aliphatic carbocycles. The quantitative estimate of drug-likeness (QED) is 0.808. The maximum absolute atomic E-state index is 12.4. The Morgan fingerprint density at radius 3 is 2.62 bits per heavy atom. The van der Waals surface area contributed by atoms with Crippen LogP contribution in [-0.4, -0.2) is 34.6 Å². The minimum Gasteiger partial charge on any atom is -0.490 e. The van der Waals surface area contributed by atoms with Crippen LogP contribution in [0.4, 0.5) is 0 Å². The van der Waals surface area contributed by atoms with E-state index in [9.17, 15) is 9.59 Å². The molecule has 1 aliphatic rings. The Kier molecular flexibility index (Phi) is 5.81. The van der Waals surface area contributed by atoms with Crippen LogP contribution < -0.4 is 10.3 Å². The van der Waals surface area contributed by atoms with Crippen molar-refractivity contribution in [3.63, 3.8) is 0 Å². The first kappa shape index (κ1) is 18.7. The van der Waals surface area contributed by atoms with Gasteiger partial charge in [0.15, 0.2) is 0 Å². The molecule has 0 unspecified atom stereocenters. The lowest BCUT2D eigenvalue weighted by atomic mass is 10.1. The molecular weight excluding hydrogens is 348 g/mol. The van der Waals surface area contributed by atoms with Crippen LogP contribution in [0.1, 0.15) is 35.4 Å². The SMILES string of the molecule is Cc1ccsc1CCC(=O)N1CCC(Oc2cc(C)n(C)c(=O)c2)CC1. The van der Waals surface area contributed by atoms with Crippen molar-refractivity contribution in [3.05, 3.63) is 50.1 Å². The van der Waals surface area contributed by atoms with E-state index >= 15 is 0 Å². The first-order chi connectivity index (χ1) is 12.4. The highest BCUT2D eigenvalue weighted by atomic mass is 32.1. The molecule has 2 aromatic rings. The van der Waals surface area contributed by atoms with E-state index in [4.69, 9.17) is 4.74 Å². The van der Waals surface area contributed by atoms with Gasteiger partial charge in [-0.3, -0.25) is 9.59 Å². The van der Waals surface area contributed by atoms with E-state index in [1.807, 2.05) is 17.9 Å². The summed E-state index contributed by atoms with van der Waals surface area (Å²) in [5.41, 5.74) is 2.10. The molecule has 0 radical (unpaired) electrons. The van der Waals surface area contributed by atoms with Crippen molar-refractivity contribution in [1.29, 1.82) is 0 Å². The fourth-order valence-corrected chi connectivity index (χ4v) is 4.17. The molecule has 1 saturated heterocycles. The van der Waals surface area contributed by atoms with Crippen molar-refractivity contribution in [2.45, 2.75) is 45.6 Å². The summed E-state index contributed by atoms with van der Waals surface area (Å²) >= 11 is 1.73. The number of thiophene rings is 1. The number of carbonyl (C=O) groups is 1. The number of piperidine rings is 1. The second-order valence-corrected chi connectivity index (χ2v) is 7.96. The first-order valence-corrected chi connectivity index (χ1v) is 9.97. The Morgan fingerprint density at radius 1 is 1.27 bits per heavy atom. The number of aromatic nitrogens is 1. The van der Waals surface area contributed by atoms with Gasteiger partial charge in [0.2, 0.25) is 5.91 Å². The molecule has 0 atom stereocenters. The topological polar surface area (TPSA) is 51.5 Å². The summed E-state index contributed by atoms with van der Waals surface area (Å²) in [5, 5.41) is 2.08. The van der Waals surface area contributed by atoms with Crippen LogP contribution in [0.15, 0.2) is 28.4 Å². The van der Waals surface area contributed by atoms with Crippen molar-refractivity contribution in [2.24, 2.45) is 7.05 Å². The van der Waals surface area contributed by atoms with E-state index in [1.165, 1.54) is 16.5 Å². The Labute approximate surface area is 158 Å². The molecule has 0 bridgehead atoms. The zero-order valence-corrected chi connectivity index (χ0v) is 16.5. The minimum atomic E-state index is -0.0588. The zero-order valence-electron chi connectivity index (χ0n) is 15.7. The van der Waals surface area contributed by atoms with Gasteiger partial charge >= 0.3 is 0 Å². The van der Waals surface area contributed by atoms with Gasteiger partial charge in [0.1, 0.15) is 11.9 Å². The molecule has 6 heteroatoms. The molecule has 1 amide bonds. The summed E-state index contributed by atoms with van der Waals surface area (Å²) in [6, 6.07) is 5.53. The van der Waals surface area contributed by atoms with Crippen LogP contribution in [0.5, 0.6) is 5.75 Å². The summed E-state index contributed by atoms with van der Waals surface area (Å²) < 4.78 is 7.59. The Morgan fingerprint density at radius 2 is 2.00 bits per heavy atom. The number of aryl methyl sites for hydroxylation is 3. The van der Waals surface area contributed by atoms with Gasteiger partial charge < -0.3 is 14.2 Å². The van der Waals surface area contributed by atoms with E-state index < -0.39 is 0 Å². The van der Waals surface area contributed by atoms with E-state index in [0.29, 0.717) is 12.2 Å². The lowest BCUT2D eigenvalue weighted by Crippen LogP contribution is -2.42. The Bertz CT molecular complexity index is 832. The summed E-state index contributed by atoms with van der Waals surface area (Å²) in [6.07, 6.45) is 3.06. The summed E-state index contributed by atoms with van der Waals surface area (Å²) in [4.78, 5) is 27.6. The molecule has 5 nitrogen and oxygen atoms in total. The predicted molar refractivity (Wildman–Crippen MR) is 104 cm³/mol. The maximum Gasteiger partial charge on any atom is 0.254 e. The largest absolute Gasteiger partial charge is 0.490 e. The highest BCUT2D eigenvalue weighted by Gasteiger charge is 2.24. The molecule has 0 N–H and O–H groups in total. The number of ether oxygens (including phenoxy) is 1. The van der Waals surface area contributed by atoms with Crippen LogP contribution in [-0.2, 0) is 18.3 Å². The minimum absolute atomic E-state index is 0.0588. The highest BCUT2D eigenvalue weighted by Crippen LogP contribution is 2.21. The summed E-state index contributed by atoms with van der Waals surface area (Å²) in [7, 11) is 1.75. The van der Waals surface area contributed by atoms with Gasteiger partial charge in [-0.15, -0.1) is 11.3 Å². The number of nitrogens with zero attached hydrogens (tertiary/aromatic N) is 2. The number of hydrogen-bond acceptors (Lipinski definition) is 4. The van der Waals surface area contributed by atoms with Gasteiger partial charge in [0.05, 0.1) is 0 Å². The Hall–Kier alpha value is -2.08. The average Bonchev–Trinajstić information content (AvgIpc) is 3.03. The molecule has 1 fully saturated rings. The molecule has 140 valence electrons. The lowest BCUT2D eigenvalue weighted by Gasteiger charge is -2.32. The van der Waals surface area contributed by atoms with Gasteiger partial charge in [0.25, 0.3) is 5.56 Å². The summed E-state index contributed by atoms with van der Waals surface area (Å²) in [6.45, 7) is 5.43. The monoisotopic (exact) mass is 374 g/mol. The fourth-order valence-electron chi connectivity index (χ4n) is 3.26. The van der Waals surface area contributed by atoms with Crippen molar-refractivity contribution in [3.8, 4) is 5.75 Å². The number of likely N-dealkylation sites (tertiary alicyclic amines) is 1. The molecule has 3 rings (SSSR count). The molecular formula is C20H26N2O3S. The molecule has 0 saturated carbocycles. The van der Waals surface area contributed by atoms with E-state index in [1.54, 1.807) is 23.0 Å². The predicted octanol–water partition coefficient (Wildman–Crippen LogP) is 3.07. The second kappa shape index (κ2) is 8.08. The van der Waals surface area contributed by atoms with Crippen molar-refractivity contribution >= 4 is 17.2 Å². The number of carbonyl (C=O) groups excluding carboxylic acids is 1. The van der Waals surface area contributed by atoms with Crippen molar-refractivity contribution in [1.82, 2.24) is 9.47 Å². The molecule has 1 aliphatic heterocycles. The number of rotatable bonds is 5. The van der Waals surface area contributed by atoms with Gasteiger partial charge in [-0.05, 0) is 43.3 Å². The van der Waals surface area contributed by atoms with Gasteiger partial charge in [-0.2, -0.15) is 0 Å². The smallest absolute Gasteiger partial charge is 0.254 e. The van der Waals surface area contributed by atoms with Gasteiger partial charge in [-0.25, -0.2) is 0 Å². The van der Waals surface area contributed by atoms with E-state index in [-0.39, 0.29) is 17.6 Å². The van der Waals surface area contributed by atoms with Crippen molar-refractivity contribution in [2.75, 3.05) is 13.1 Å². The van der Waals surface area contributed by atoms with Gasteiger partial charge in [-0.1, -0.05) is 0 Å². The number of amides is 1. The maximum atomic E-state index is 12.4. The lowest BCUT2D eigenvalue weighted by molar-refractivity contribution is -0.132. The number of hydrogen-bond donors (Lipinski definition) is 0. The van der Waals surface area contributed by atoms with Crippen LogP contribution in [0.2, 0.25) is 0 Å². The van der Waals surface area contributed by atoms with Crippen LogP contribution >= 0.6 is 11.3 Å². The first-order valence-electron chi connectivity index (χ1n) is 9.09. The zero-order chi connectivity index (χ0) is 18.7. The van der Waals surface area contributed by atoms with Crippen LogP contribution in [0.3, 0.4) is 0 Å². The third-order valence-electron chi connectivity index (χ3n) is 5.11. The van der Waals surface area contributed by atoms with Gasteiger partial charge in [0, 0.05) is 56.0 Å². The standard InChI is InChI=1S/C20H26N2O3S/c1-14-8-11-26-18(14)4-5-19(23)22-9-6-16(7-10-22)25-17-12-15(2)21(3)20(24)13-17/h8,11-13,16H,4-7,9-10H2,1-3H3. The fraction of sp³-hybridized carbons (Fsp3) is 0.500. The third-order valence-corrected chi connectivity index (χ3v) is 6.19. The number of pyridine rings is 1. The summed E-state index contributed by atoms with van der Waals surface area (Å²) in [5.74, 6) is 0.851. The average molecular weight is 375 g/mol. The molecule has 0 aromatic carbocycles. The third kappa shape index (κ3) is 4.36. The molecule has 0 spiro atoms. The van der Waals surface area contributed by atoms with Crippen LogP contribution in [0.25, 0.3) is 0 Å². The van der Waals surface area contributed by atoms with E-state index in [0.717, 1.165) is 38.0 Å². The normalized spacial score (nSPS) is 15.3. The highest BCUT2D eigenvalue weighted by molar-refractivity contribution is 7.10. The Balaban J connectivity index is 1.48. The molecule has 26 heavy (non-hydrogen) atoms.